The minimum Gasteiger partial charge on any atom is -0.414 e. The summed E-state index contributed by atoms with van der Waals surface area (Å²) < 4.78 is 35.7. The molecule has 0 saturated carbocycles. The lowest BCUT2D eigenvalue weighted by Gasteiger charge is -2.40. The smallest absolute Gasteiger partial charge is 0.192 e. The van der Waals surface area contributed by atoms with E-state index in [0.29, 0.717) is 29.9 Å². The predicted octanol–water partition coefficient (Wildman–Crippen LogP) is 7.33. The van der Waals surface area contributed by atoms with E-state index < -0.39 is 16.6 Å². The van der Waals surface area contributed by atoms with Gasteiger partial charge in [0.05, 0.1) is 19.0 Å². The third-order valence-corrected chi connectivity index (χ3v) is 17.6. The van der Waals surface area contributed by atoms with Crippen LogP contribution in [0.5, 0.6) is 0 Å². The van der Waals surface area contributed by atoms with E-state index in [2.05, 4.69) is 82.7 Å². The van der Waals surface area contributed by atoms with Crippen molar-refractivity contribution in [3.8, 4) is 11.3 Å². The van der Waals surface area contributed by atoms with E-state index in [1.165, 1.54) is 18.5 Å². The van der Waals surface area contributed by atoms with Crippen molar-refractivity contribution in [2.45, 2.75) is 103 Å². The average Bonchev–Trinajstić information content (AvgIpc) is 3.40. The second-order valence-corrected chi connectivity index (χ2v) is 23.0. The van der Waals surface area contributed by atoms with Crippen molar-refractivity contribution in [2.24, 2.45) is 0 Å². The Morgan fingerprint density at radius 2 is 1.58 bits per heavy atom. The molecule has 7 nitrogen and oxygen atoms in total. The molecule has 1 aliphatic rings. The Bertz CT molecular complexity index is 1270. The molecule has 208 valence electrons. The normalized spacial score (nSPS) is 21.4. The van der Waals surface area contributed by atoms with E-state index in [1.807, 2.05) is 4.57 Å². The maximum absolute atomic E-state index is 13.5. The van der Waals surface area contributed by atoms with Gasteiger partial charge in [-0.05, 0) is 60.5 Å². The average molecular weight is 559 g/mol. The van der Waals surface area contributed by atoms with Crippen LogP contribution in [0.3, 0.4) is 0 Å². The molecule has 0 N–H and O–H groups in total. The largest absolute Gasteiger partial charge is 0.414 e. The summed E-state index contributed by atoms with van der Waals surface area (Å²) in [5.41, 5.74) is 2.79. The van der Waals surface area contributed by atoms with Crippen molar-refractivity contribution in [1.82, 2.24) is 19.5 Å². The standard InChI is InChI=1S/C28H43FN4O3Si2/c1-27(2,3)37(7,8)34-16-22-21(36-38(9,10)28(4,5)6)15-23(35-22)33-18-32-25-24(30-17-31-26(25)33)19-11-13-20(29)14-12-19/h11-14,17-18,21-23H,15-16H2,1-10H3/t21-,22+,23?/m1/s1. The highest BCUT2D eigenvalue weighted by molar-refractivity contribution is 6.74. The van der Waals surface area contributed by atoms with E-state index in [-0.39, 0.29) is 34.3 Å². The zero-order valence-electron chi connectivity index (χ0n) is 24.5. The Kier molecular flexibility index (Phi) is 7.79. The first-order valence-corrected chi connectivity index (χ1v) is 19.2. The number of nitrogens with zero attached hydrogens (tertiary/aromatic N) is 4. The molecule has 1 fully saturated rings. The topological polar surface area (TPSA) is 71.3 Å². The number of hydrogen-bond donors (Lipinski definition) is 0. The minimum absolute atomic E-state index is 0.0783. The van der Waals surface area contributed by atoms with Gasteiger partial charge >= 0.3 is 0 Å². The van der Waals surface area contributed by atoms with Gasteiger partial charge in [-0.1, -0.05) is 41.5 Å². The summed E-state index contributed by atoms with van der Waals surface area (Å²) in [6.45, 7) is 23.1. The van der Waals surface area contributed by atoms with Gasteiger partial charge in [0.15, 0.2) is 22.3 Å². The Hall–Kier alpha value is -1.99. The third kappa shape index (κ3) is 5.79. The summed E-state index contributed by atoms with van der Waals surface area (Å²) in [6, 6.07) is 6.27. The molecule has 4 rings (SSSR count). The number of halogens is 1. The molecule has 1 saturated heterocycles. The second kappa shape index (κ2) is 10.2. The molecular weight excluding hydrogens is 516 g/mol. The number of ether oxygens (including phenoxy) is 1. The van der Waals surface area contributed by atoms with E-state index in [9.17, 15) is 4.39 Å². The molecule has 3 atom stereocenters. The predicted molar refractivity (Wildman–Crippen MR) is 154 cm³/mol. The molecule has 0 radical (unpaired) electrons. The third-order valence-electron chi connectivity index (χ3n) is 8.63. The summed E-state index contributed by atoms with van der Waals surface area (Å²) in [6.07, 6.45) is 3.38. The SMILES string of the molecule is CC(C)(C)[Si](C)(C)OC[C@@H]1OC(n2cnc3c(-c4ccc(F)cc4)ncnc32)C[C@H]1O[Si](C)(C)C(C)(C)C. The first-order valence-electron chi connectivity index (χ1n) is 13.4. The first-order chi connectivity index (χ1) is 17.5. The van der Waals surface area contributed by atoms with Crippen LogP contribution >= 0.6 is 0 Å². The van der Waals surface area contributed by atoms with Gasteiger partial charge in [0.25, 0.3) is 0 Å². The molecule has 3 heterocycles. The number of fused-ring (bicyclic) bond motifs is 1. The highest BCUT2D eigenvalue weighted by Gasteiger charge is 2.46. The maximum atomic E-state index is 13.5. The molecule has 1 aromatic carbocycles. The monoisotopic (exact) mass is 558 g/mol. The second-order valence-electron chi connectivity index (χ2n) is 13.4. The summed E-state index contributed by atoms with van der Waals surface area (Å²) in [4.78, 5) is 13.6. The molecule has 0 amide bonds. The molecule has 3 aromatic rings. The van der Waals surface area contributed by atoms with Crippen LogP contribution < -0.4 is 0 Å². The van der Waals surface area contributed by atoms with Gasteiger partial charge < -0.3 is 13.6 Å². The van der Waals surface area contributed by atoms with E-state index in [0.717, 1.165) is 5.56 Å². The van der Waals surface area contributed by atoms with E-state index >= 15 is 0 Å². The lowest BCUT2D eigenvalue weighted by Crippen LogP contribution is -2.48. The lowest BCUT2D eigenvalue weighted by atomic mass is 10.1. The number of benzene rings is 1. The maximum Gasteiger partial charge on any atom is 0.192 e. The van der Waals surface area contributed by atoms with E-state index in [1.54, 1.807) is 18.5 Å². The number of rotatable bonds is 7. The molecular formula is C28H43FN4O3Si2. The summed E-state index contributed by atoms with van der Waals surface area (Å²) >= 11 is 0. The van der Waals surface area contributed by atoms with Crippen LogP contribution in [-0.4, -0.2) is 55.0 Å². The number of hydrogen-bond acceptors (Lipinski definition) is 6. The highest BCUT2D eigenvalue weighted by atomic mass is 28.4. The van der Waals surface area contributed by atoms with Crippen molar-refractivity contribution in [3.05, 3.63) is 42.7 Å². The molecule has 10 heteroatoms. The molecule has 2 aromatic heterocycles. The quantitative estimate of drug-likeness (QED) is 0.283. The fourth-order valence-electron chi connectivity index (χ4n) is 4.09. The van der Waals surface area contributed by atoms with Crippen LogP contribution in [0.25, 0.3) is 22.4 Å². The molecule has 38 heavy (non-hydrogen) atoms. The minimum atomic E-state index is -2.05. The van der Waals surface area contributed by atoms with Gasteiger partial charge in [0.2, 0.25) is 0 Å². The van der Waals surface area contributed by atoms with Gasteiger partial charge in [0.1, 0.15) is 35.7 Å². The Morgan fingerprint density at radius 3 is 2.18 bits per heavy atom. The van der Waals surface area contributed by atoms with Crippen molar-refractivity contribution >= 4 is 27.8 Å². The fraction of sp³-hybridized carbons (Fsp3) is 0.607. The van der Waals surface area contributed by atoms with Gasteiger partial charge in [0, 0.05) is 12.0 Å². The summed E-state index contributed by atoms with van der Waals surface area (Å²) in [7, 11) is -4.02. The summed E-state index contributed by atoms with van der Waals surface area (Å²) in [5.74, 6) is -0.289. The number of aromatic nitrogens is 4. The highest BCUT2D eigenvalue weighted by Crippen LogP contribution is 2.43. The molecule has 0 spiro atoms. The lowest BCUT2D eigenvalue weighted by molar-refractivity contribution is -0.0383. The van der Waals surface area contributed by atoms with Gasteiger partial charge in [-0.15, -0.1) is 0 Å². The van der Waals surface area contributed by atoms with Crippen LogP contribution in [0.4, 0.5) is 4.39 Å². The molecule has 1 aliphatic heterocycles. The molecule has 0 aliphatic carbocycles. The zero-order chi connectivity index (χ0) is 28.1. The molecule has 1 unspecified atom stereocenters. The van der Waals surface area contributed by atoms with Crippen LogP contribution in [0.2, 0.25) is 36.3 Å². The van der Waals surface area contributed by atoms with E-state index in [4.69, 9.17) is 13.6 Å². The Balaban J connectivity index is 1.64. The summed E-state index contributed by atoms with van der Waals surface area (Å²) in [5, 5.41) is 0.184. The van der Waals surface area contributed by atoms with Gasteiger partial charge in [-0.3, -0.25) is 4.57 Å². The Morgan fingerprint density at radius 1 is 0.947 bits per heavy atom. The Labute approximate surface area is 228 Å². The number of imidazole rings is 1. The first kappa shape index (κ1) is 29.0. The van der Waals surface area contributed by atoms with Crippen LogP contribution in [0, 0.1) is 5.82 Å². The van der Waals surface area contributed by atoms with Crippen molar-refractivity contribution in [2.75, 3.05) is 6.61 Å². The van der Waals surface area contributed by atoms with Crippen molar-refractivity contribution in [3.63, 3.8) is 0 Å². The van der Waals surface area contributed by atoms with Gasteiger partial charge in [-0.25, -0.2) is 19.3 Å². The van der Waals surface area contributed by atoms with Crippen molar-refractivity contribution < 1.29 is 18.0 Å². The van der Waals surface area contributed by atoms with Crippen molar-refractivity contribution in [1.29, 1.82) is 0 Å². The zero-order valence-corrected chi connectivity index (χ0v) is 26.5. The van der Waals surface area contributed by atoms with Crippen LogP contribution in [0.15, 0.2) is 36.9 Å². The van der Waals surface area contributed by atoms with Crippen LogP contribution in [-0.2, 0) is 13.6 Å². The van der Waals surface area contributed by atoms with Crippen LogP contribution in [0.1, 0.15) is 54.2 Å². The fourth-order valence-corrected chi connectivity index (χ4v) is 6.46. The van der Waals surface area contributed by atoms with Gasteiger partial charge in [-0.2, -0.15) is 0 Å². The molecule has 0 bridgehead atoms.